The molecular weight excluding hydrogens is 285 g/mol. The summed E-state index contributed by atoms with van der Waals surface area (Å²) in [5, 5.41) is 0. The van der Waals surface area contributed by atoms with E-state index < -0.39 is 6.04 Å². The first-order chi connectivity index (χ1) is 8.16. The SMILES string of the molecule is NC(Cc1ccc(Br)cc1F)c1ncccn1. The van der Waals surface area contributed by atoms with Crippen molar-refractivity contribution in [3.8, 4) is 0 Å². The van der Waals surface area contributed by atoms with Crippen LogP contribution in [0.25, 0.3) is 0 Å². The Morgan fingerprint density at radius 3 is 2.65 bits per heavy atom. The van der Waals surface area contributed by atoms with Crippen LogP contribution in [0.5, 0.6) is 0 Å². The fraction of sp³-hybridized carbons (Fsp3) is 0.167. The lowest BCUT2D eigenvalue weighted by molar-refractivity contribution is 0.584. The van der Waals surface area contributed by atoms with E-state index in [4.69, 9.17) is 5.73 Å². The standard InChI is InChI=1S/C12H11BrFN3/c13-9-3-2-8(10(14)7-9)6-11(15)12-16-4-1-5-17-12/h1-5,7,11H,6,15H2. The maximum absolute atomic E-state index is 13.6. The van der Waals surface area contributed by atoms with Gasteiger partial charge in [0, 0.05) is 16.9 Å². The van der Waals surface area contributed by atoms with Gasteiger partial charge in [-0.3, -0.25) is 0 Å². The van der Waals surface area contributed by atoms with Crippen LogP contribution >= 0.6 is 15.9 Å². The zero-order valence-electron chi connectivity index (χ0n) is 8.98. The van der Waals surface area contributed by atoms with Crippen LogP contribution in [0.15, 0.2) is 41.1 Å². The maximum atomic E-state index is 13.6. The van der Waals surface area contributed by atoms with E-state index in [-0.39, 0.29) is 5.82 Å². The van der Waals surface area contributed by atoms with Gasteiger partial charge in [0.1, 0.15) is 11.6 Å². The summed E-state index contributed by atoms with van der Waals surface area (Å²) in [6.45, 7) is 0. The summed E-state index contributed by atoms with van der Waals surface area (Å²) >= 11 is 3.21. The van der Waals surface area contributed by atoms with Gasteiger partial charge in [-0.15, -0.1) is 0 Å². The molecule has 1 aromatic carbocycles. The van der Waals surface area contributed by atoms with Crippen molar-refractivity contribution in [3.63, 3.8) is 0 Å². The van der Waals surface area contributed by atoms with Crippen LogP contribution < -0.4 is 5.73 Å². The summed E-state index contributed by atoms with van der Waals surface area (Å²) in [6, 6.07) is 6.25. The maximum Gasteiger partial charge on any atom is 0.145 e. The summed E-state index contributed by atoms with van der Waals surface area (Å²) in [4.78, 5) is 8.11. The van der Waals surface area contributed by atoms with Crippen LogP contribution in [0, 0.1) is 5.82 Å². The average molecular weight is 296 g/mol. The number of hydrogen-bond donors (Lipinski definition) is 1. The third kappa shape index (κ3) is 3.08. The van der Waals surface area contributed by atoms with Crippen LogP contribution in [-0.2, 0) is 6.42 Å². The third-order valence-electron chi connectivity index (χ3n) is 2.37. The number of nitrogens with zero attached hydrogens (tertiary/aromatic N) is 2. The molecule has 88 valence electrons. The number of rotatable bonds is 3. The quantitative estimate of drug-likeness (QED) is 0.947. The minimum absolute atomic E-state index is 0.272. The highest BCUT2D eigenvalue weighted by Gasteiger charge is 2.12. The summed E-state index contributed by atoms with van der Waals surface area (Å²) < 4.78 is 14.3. The lowest BCUT2D eigenvalue weighted by Gasteiger charge is -2.10. The molecule has 0 spiro atoms. The molecule has 0 aliphatic rings. The summed E-state index contributed by atoms with van der Waals surface area (Å²) in [5.74, 6) is 0.251. The number of halogens is 2. The molecular formula is C12H11BrFN3. The second-order valence-corrected chi connectivity index (χ2v) is 4.57. The highest BCUT2D eigenvalue weighted by Crippen LogP contribution is 2.19. The molecule has 0 aliphatic carbocycles. The van der Waals surface area contributed by atoms with Gasteiger partial charge in [-0.05, 0) is 30.2 Å². The number of aromatic nitrogens is 2. The van der Waals surface area contributed by atoms with Crippen molar-refractivity contribution in [2.24, 2.45) is 5.73 Å². The molecule has 3 nitrogen and oxygen atoms in total. The molecule has 0 amide bonds. The van der Waals surface area contributed by atoms with Crippen molar-refractivity contribution >= 4 is 15.9 Å². The molecule has 0 bridgehead atoms. The number of hydrogen-bond acceptors (Lipinski definition) is 3. The largest absolute Gasteiger partial charge is 0.321 e. The molecule has 1 aromatic heterocycles. The Bertz CT molecular complexity index is 504. The van der Waals surface area contributed by atoms with Gasteiger partial charge in [-0.25, -0.2) is 14.4 Å². The van der Waals surface area contributed by atoms with Crippen LogP contribution in [0.2, 0.25) is 0 Å². The normalized spacial score (nSPS) is 12.4. The highest BCUT2D eigenvalue weighted by molar-refractivity contribution is 9.10. The van der Waals surface area contributed by atoms with Gasteiger partial charge in [-0.2, -0.15) is 0 Å². The van der Waals surface area contributed by atoms with Gasteiger partial charge in [0.25, 0.3) is 0 Å². The van der Waals surface area contributed by atoms with E-state index in [1.165, 1.54) is 6.07 Å². The Kier molecular flexibility index (Phi) is 3.81. The molecule has 0 saturated carbocycles. The fourth-order valence-electron chi connectivity index (χ4n) is 1.52. The van der Waals surface area contributed by atoms with E-state index in [0.29, 0.717) is 22.3 Å². The predicted octanol–water partition coefficient (Wildman–Crippen LogP) is 2.62. The van der Waals surface area contributed by atoms with Crippen molar-refractivity contribution < 1.29 is 4.39 Å². The first-order valence-electron chi connectivity index (χ1n) is 5.13. The van der Waals surface area contributed by atoms with Gasteiger partial charge >= 0.3 is 0 Å². The molecule has 0 aliphatic heterocycles. The van der Waals surface area contributed by atoms with Crippen molar-refractivity contribution in [1.82, 2.24) is 9.97 Å². The molecule has 0 radical (unpaired) electrons. The fourth-order valence-corrected chi connectivity index (χ4v) is 1.85. The smallest absolute Gasteiger partial charge is 0.145 e. The van der Waals surface area contributed by atoms with Crippen LogP contribution in [0.1, 0.15) is 17.4 Å². The van der Waals surface area contributed by atoms with Gasteiger partial charge < -0.3 is 5.73 Å². The molecule has 2 aromatic rings. The summed E-state index contributed by atoms with van der Waals surface area (Å²) in [5.41, 5.74) is 6.49. The Morgan fingerprint density at radius 1 is 1.29 bits per heavy atom. The molecule has 2 rings (SSSR count). The van der Waals surface area contributed by atoms with Crippen LogP contribution in [-0.4, -0.2) is 9.97 Å². The molecule has 2 N–H and O–H groups in total. The van der Waals surface area contributed by atoms with Crippen molar-refractivity contribution in [2.45, 2.75) is 12.5 Å². The predicted molar refractivity (Wildman–Crippen MR) is 66.8 cm³/mol. The Morgan fingerprint density at radius 2 is 2.00 bits per heavy atom. The van der Waals surface area contributed by atoms with E-state index in [2.05, 4.69) is 25.9 Å². The van der Waals surface area contributed by atoms with E-state index in [0.717, 1.165) is 0 Å². The van der Waals surface area contributed by atoms with Crippen molar-refractivity contribution in [1.29, 1.82) is 0 Å². The van der Waals surface area contributed by atoms with E-state index in [1.54, 1.807) is 30.6 Å². The van der Waals surface area contributed by atoms with Gasteiger partial charge in [0.15, 0.2) is 0 Å². The lowest BCUT2D eigenvalue weighted by Crippen LogP contribution is -2.17. The Hall–Kier alpha value is -1.33. The number of benzene rings is 1. The van der Waals surface area contributed by atoms with Crippen LogP contribution in [0.3, 0.4) is 0 Å². The molecule has 0 saturated heterocycles. The van der Waals surface area contributed by atoms with Gasteiger partial charge in [-0.1, -0.05) is 22.0 Å². The topological polar surface area (TPSA) is 51.8 Å². The first kappa shape index (κ1) is 12.1. The second-order valence-electron chi connectivity index (χ2n) is 3.65. The van der Waals surface area contributed by atoms with E-state index in [9.17, 15) is 4.39 Å². The molecule has 5 heteroatoms. The highest BCUT2D eigenvalue weighted by atomic mass is 79.9. The molecule has 0 fully saturated rings. The zero-order chi connectivity index (χ0) is 12.3. The Labute approximate surface area is 107 Å². The minimum Gasteiger partial charge on any atom is -0.321 e. The minimum atomic E-state index is -0.396. The molecule has 1 atom stereocenters. The summed E-state index contributed by atoms with van der Waals surface area (Å²) in [6.07, 6.45) is 3.63. The van der Waals surface area contributed by atoms with Crippen molar-refractivity contribution in [2.75, 3.05) is 0 Å². The average Bonchev–Trinajstić information content (AvgIpc) is 2.34. The number of nitrogens with two attached hydrogens (primary N) is 1. The summed E-state index contributed by atoms with van der Waals surface area (Å²) in [7, 11) is 0. The van der Waals surface area contributed by atoms with Crippen LogP contribution in [0.4, 0.5) is 4.39 Å². The molecule has 1 heterocycles. The third-order valence-corrected chi connectivity index (χ3v) is 2.87. The monoisotopic (exact) mass is 295 g/mol. The van der Waals surface area contributed by atoms with Gasteiger partial charge in [0.05, 0.1) is 6.04 Å². The Balaban J connectivity index is 2.16. The zero-order valence-corrected chi connectivity index (χ0v) is 10.6. The van der Waals surface area contributed by atoms with Crippen molar-refractivity contribution in [3.05, 3.63) is 58.3 Å². The first-order valence-corrected chi connectivity index (χ1v) is 5.92. The second kappa shape index (κ2) is 5.33. The van der Waals surface area contributed by atoms with Gasteiger partial charge in [0.2, 0.25) is 0 Å². The van der Waals surface area contributed by atoms with E-state index in [1.807, 2.05) is 0 Å². The molecule has 1 unspecified atom stereocenters. The van der Waals surface area contributed by atoms with E-state index >= 15 is 0 Å². The molecule has 17 heavy (non-hydrogen) atoms. The lowest BCUT2D eigenvalue weighted by atomic mass is 10.1.